The normalized spacial score (nSPS) is 12.0. The van der Waals surface area contributed by atoms with Crippen molar-refractivity contribution < 1.29 is 13.2 Å². The molecule has 0 bridgehead atoms. The minimum Gasteiger partial charge on any atom is -0.353 e. The molecule has 0 saturated carbocycles. The van der Waals surface area contributed by atoms with E-state index in [0.717, 1.165) is 11.1 Å². The Balaban J connectivity index is 0.00000338. The van der Waals surface area contributed by atoms with E-state index in [4.69, 9.17) is 5.73 Å². The zero-order chi connectivity index (χ0) is 18.1. The van der Waals surface area contributed by atoms with Crippen LogP contribution in [-0.4, -0.2) is 32.4 Å². The fourth-order valence-corrected chi connectivity index (χ4v) is 3.74. The Morgan fingerprint density at radius 3 is 2.19 bits per heavy atom. The zero-order valence-electron chi connectivity index (χ0n) is 14.5. The molecular weight excluding hydrogens is 372 g/mol. The lowest BCUT2D eigenvalue weighted by Crippen LogP contribution is -2.36. The molecule has 1 atom stereocenters. The van der Waals surface area contributed by atoms with Gasteiger partial charge < -0.3 is 11.1 Å². The molecule has 1 amide bonds. The van der Waals surface area contributed by atoms with E-state index >= 15 is 0 Å². The Kier molecular flexibility index (Phi) is 9.34. The van der Waals surface area contributed by atoms with Gasteiger partial charge in [-0.3, -0.25) is 4.79 Å². The van der Waals surface area contributed by atoms with E-state index < -0.39 is 21.5 Å². The first-order valence-corrected chi connectivity index (χ1v) is 10.1. The number of carbonyl (C=O) groups is 1. The maximum Gasteiger partial charge on any atom is 0.235 e. The van der Waals surface area contributed by atoms with Gasteiger partial charge in [0.05, 0.1) is 5.75 Å². The van der Waals surface area contributed by atoms with Gasteiger partial charge in [-0.1, -0.05) is 60.7 Å². The third kappa shape index (κ3) is 7.99. The number of sulfone groups is 1. The highest BCUT2D eigenvalue weighted by atomic mass is 35.5. The minimum absolute atomic E-state index is 0. The molecule has 2 aromatic rings. The predicted molar refractivity (Wildman–Crippen MR) is 107 cm³/mol. The lowest BCUT2D eigenvalue weighted by atomic mass is 10.1. The molecule has 2 aromatic carbocycles. The Morgan fingerprint density at radius 1 is 1.00 bits per heavy atom. The molecule has 0 saturated heterocycles. The summed E-state index contributed by atoms with van der Waals surface area (Å²) in [5.74, 6) is -1.00. The first-order valence-electron chi connectivity index (χ1n) is 8.28. The number of benzene rings is 2. The van der Waals surface area contributed by atoms with Gasteiger partial charge in [0.25, 0.3) is 0 Å². The number of nitrogens with one attached hydrogen (secondary N) is 1. The second-order valence-electron chi connectivity index (χ2n) is 6.00. The molecule has 0 aliphatic carbocycles. The topological polar surface area (TPSA) is 89.3 Å². The maximum atomic E-state index is 12.1. The number of nitrogens with two attached hydrogens (primary N) is 1. The van der Waals surface area contributed by atoms with Crippen molar-refractivity contribution in [3.63, 3.8) is 0 Å². The molecule has 7 heteroatoms. The number of hydrogen-bond donors (Lipinski definition) is 2. The molecule has 0 heterocycles. The third-order valence-electron chi connectivity index (χ3n) is 3.86. The Labute approximate surface area is 161 Å². The molecule has 0 spiro atoms. The van der Waals surface area contributed by atoms with Gasteiger partial charge in [0.15, 0.2) is 9.84 Å². The van der Waals surface area contributed by atoms with Crippen LogP contribution in [0, 0.1) is 0 Å². The summed E-state index contributed by atoms with van der Waals surface area (Å²) in [6.07, 6.45) is 1.18. The number of rotatable bonds is 9. The van der Waals surface area contributed by atoms with Crippen LogP contribution in [0.25, 0.3) is 0 Å². The van der Waals surface area contributed by atoms with Gasteiger partial charge in [0.1, 0.15) is 5.75 Å². The van der Waals surface area contributed by atoms with Crippen LogP contribution >= 0.6 is 12.4 Å². The van der Waals surface area contributed by atoms with Crippen molar-refractivity contribution in [3.05, 3.63) is 71.8 Å². The maximum absolute atomic E-state index is 12.1. The highest BCUT2D eigenvalue weighted by Crippen LogP contribution is 2.08. The summed E-state index contributed by atoms with van der Waals surface area (Å²) >= 11 is 0. The molecule has 26 heavy (non-hydrogen) atoms. The van der Waals surface area contributed by atoms with Crippen LogP contribution < -0.4 is 11.1 Å². The molecule has 0 aliphatic rings. The van der Waals surface area contributed by atoms with E-state index in [1.807, 2.05) is 60.7 Å². The van der Waals surface area contributed by atoms with Crippen LogP contribution in [0.3, 0.4) is 0 Å². The van der Waals surface area contributed by atoms with Crippen molar-refractivity contribution in [2.45, 2.75) is 18.9 Å². The smallest absolute Gasteiger partial charge is 0.235 e. The lowest BCUT2D eigenvalue weighted by Gasteiger charge is -2.13. The standard InChI is InChI=1S/C19H24N2O3S.ClH/c20-18(17-11-5-2-6-12-17)14-21-19(22)15-25(23,24)13-7-10-16-8-3-1-4-9-16;/h1-6,8-9,11-12,18H,7,10,13-15,20H2,(H,21,22);1H. The summed E-state index contributed by atoms with van der Waals surface area (Å²) in [7, 11) is -3.42. The Bertz CT molecular complexity index is 768. The molecule has 142 valence electrons. The molecular formula is C19H25ClN2O3S. The first kappa shape index (κ1) is 22.2. The van der Waals surface area contributed by atoms with Crippen molar-refractivity contribution in [1.29, 1.82) is 0 Å². The summed E-state index contributed by atoms with van der Waals surface area (Å²) in [5, 5.41) is 2.60. The highest BCUT2D eigenvalue weighted by molar-refractivity contribution is 7.92. The van der Waals surface area contributed by atoms with Crippen LogP contribution in [-0.2, 0) is 21.1 Å². The van der Waals surface area contributed by atoms with Crippen LogP contribution in [0.4, 0.5) is 0 Å². The average Bonchev–Trinajstić information content (AvgIpc) is 2.61. The number of amides is 1. The van der Waals surface area contributed by atoms with Gasteiger partial charge >= 0.3 is 0 Å². The molecule has 3 N–H and O–H groups in total. The van der Waals surface area contributed by atoms with Gasteiger partial charge in [0.2, 0.25) is 5.91 Å². The van der Waals surface area contributed by atoms with Crippen LogP contribution in [0.5, 0.6) is 0 Å². The second-order valence-corrected chi connectivity index (χ2v) is 8.19. The Hall–Kier alpha value is -1.89. The fourth-order valence-electron chi connectivity index (χ4n) is 2.51. The summed E-state index contributed by atoms with van der Waals surface area (Å²) < 4.78 is 24.1. The van der Waals surface area contributed by atoms with Gasteiger partial charge in [-0.15, -0.1) is 12.4 Å². The van der Waals surface area contributed by atoms with E-state index in [9.17, 15) is 13.2 Å². The molecule has 0 fully saturated rings. The van der Waals surface area contributed by atoms with Gasteiger partial charge in [-0.25, -0.2) is 8.42 Å². The van der Waals surface area contributed by atoms with E-state index in [1.165, 1.54) is 0 Å². The molecule has 0 aromatic heterocycles. The van der Waals surface area contributed by atoms with Crippen LogP contribution in [0.15, 0.2) is 60.7 Å². The third-order valence-corrected chi connectivity index (χ3v) is 5.47. The van der Waals surface area contributed by atoms with E-state index in [0.29, 0.717) is 12.8 Å². The Morgan fingerprint density at radius 2 is 1.58 bits per heavy atom. The number of hydrogen-bond acceptors (Lipinski definition) is 4. The molecule has 2 rings (SSSR count). The predicted octanol–water partition coefficient (Wildman–Crippen LogP) is 2.27. The van der Waals surface area contributed by atoms with Crippen molar-refractivity contribution >= 4 is 28.2 Å². The summed E-state index contributed by atoms with van der Waals surface area (Å²) in [5.41, 5.74) is 7.98. The zero-order valence-corrected chi connectivity index (χ0v) is 16.1. The van der Waals surface area contributed by atoms with E-state index in [-0.39, 0.29) is 30.7 Å². The van der Waals surface area contributed by atoms with Crippen molar-refractivity contribution in [2.75, 3.05) is 18.1 Å². The summed E-state index contributed by atoms with van der Waals surface area (Å²) in [6.45, 7) is 0.211. The number of halogens is 1. The molecule has 0 radical (unpaired) electrons. The van der Waals surface area contributed by atoms with Gasteiger partial charge in [-0.05, 0) is 24.0 Å². The van der Waals surface area contributed by atoms with Gasteiger partial charge in [-0.2, -0.15) is 0 Å². The van der Waals surface area contributed by atoms with Gasteiger partial charge in [0, 0.05) is 12.6 Å². The lowest BCUT2D eigenvalue weighted by molar-refractivity contribution is -0.118. The first-order chi connectivity index (χ1) is 12.0. The molecule has 1 unspecified atom stereocenters. The second kappa shape index (κ2) is 11.0. The monoisotopic (exact) mass is 396 g/mol. The minimum atomic E-state index is -3.42. The number of aryl methyl sites for hydroxylation is 1. The quantitative estimate of drug-likeness (QED) is 0.680. The van der Waals surface area contributed by atoms with E-state index in [1.54, 1.807) is 0 Å². The van der Waals surface area contributed by atoms with Crippen LogP contribution in [0.1, 0.15) is 23.6 Å². The van der Waals surface area contributed by atoms with Crippen molar-refractivity contribution in [1.82, 2.24) is 5.32 Å². The molecule has 5 nitrogen and oxygen atoms in total. The fraction of sp³-hybridized carbons (Fsp3) is 0.316. The van der Waals surface area contributed by atoms with Crippen molar-refractivity contribution in [3.8, 4) is 0 Å². The van der Waals surface area contributed by atoms with E-state index in [2.05, 4.69) is 5.32 Å². The average molecular weight is 397 g/mol. The van der Waals surface area contributed by atoms with Crippen LogP contribution in [0.2, 0.25) is 0 Å². The number of carbonyl (C=O) groups excluding carboxylic acids is 1. The summed E-state index contributed by atoms with van der Waals surface area (Å²) in [4.78, 5) is 11.9. The largest absolute Gasteiger partial charge is 0.353 e. The molecule has 0 aliphatic heterocycles. The summed E-state index contributed by atoms with van der Waals surface area (Å²) in [6, 6.07) is 18.7. The highest BCUT2D eigenvalue weighted by Gasteiger charge is 2.17. The van der Waals surface area contributed by atoms with Crippen molar-refractivity contribution in [2.24, 2.45) is 5.73 Å². The SMILES string of the molecule is Cl.NC(CNC(=O)CS(=O)(=O)CCCc1ccccc1)c1ccccc1.